The molecule has 2 heteroatoms. The Hall–Kier alpha value is -0.530. The van der Waals surface area contributed by atoms with Crippen LogP contribution < -0.4 is 5.32 Å². The average Bonchev–Trinajstić information content (AvgIpc) is 2.82. The fraction of sp³-hybridized carbons (Fsp3) is 0.667. The van der Waals surface area contributed by atoms with Gasteiger partial charge in [-0.3, -0.25) is 0 Å². The van der Waals surface area contributed by atoms with Crippen LogP contribution in [0.15, 0.2) is 12.1 Å². The molecule has 0 heterocycles. The van der Waals surface area contributed by atoms with Crippen molar-refractivity contribution in [2.24, 2.45) is 11.8 Å². The monoisotopic (exact) mass is 293 g/mol. The van der Waals surface area contributed by atoms with Gasteiger partial charge in [-0.2, -0.15) is 0 Å². The van der Waals surface area contributed by atoms with Crippen molar-refractivity contribution in [3.8, 4) is 0 Å². The van der Waals surface area contributed by atoms with E-state index in [4.69, 9.17) is 11.6 Å². The number of nitrogens with one attached hydrogen (secondary N) is 1. The van der Waals surface area contributed by atoms with E-state index >= 15 is 0 Å². The lowest BCUT2D eigenvalue weighted by atomic mass is 9.83. The molecule has 0 saturated heterocycles. The number of hydrogen-bond acceptors (Lipinski definition) is 1. The Morgan fingerprint density at radius 1 is 1.25 bits per heavy atom. The highest BCUT2D eigenvalue weighted by atomic mass is 35.5. The predicted octanol–water partition coefficient (Wildman–Crippen LogP) is 5.43. The zero-order valence-electron chi connectivity index (χ0n) is 13.3. The summed E-state index contributed by atoms with van der Waals surface area (Å²) in [6.07, 6.45) is 5.29. The van der Waals surface area contributed by atoms with Crippen LogP contribution in [-0.4, -0.2) is 6.54 Å². The fourth-order valence-electron chi connectivity index (χ4n) is 3.60. The minimum absolute atomic E-state index is 0.489. The molecule has 0 radical (unpaired) electrons. The van der Waals surface area contributed by atoms with Crippen molar-refractivity contribution in [2.45, 2.75) is 59.4 Å². The maximum Gasteiger partial charge on any atom is 0.0438 e. The molecule has 1 N–H and O–H groups in total. The molecule has 112 valence electrons. The molecule has 1 aromatic carbocycles. The second kappa shape index (κ2) is 6.95. The lowest BCUT2D eigenvalue weighted by Crippen LogP contribution is -2.31. The molecular formula is C18H28ClN. The van der Waals surface area contributed by atoms with Gasteiger partial charge in [0.25, 0.3) is 0 Å². The Labute approximate surface area is 129 Å². The summed E-state index contributed by atoms with van der Waals surface area (Å²) in [5.41, 5.74) is 3.98. The largest absolute Gasteiger partial charge is 0.310 e. The van der Waals surface area contributed by atoms with Gasteiger partial charge in [0.05, 0.1) is 0 Å². The van der Waals surface area contributed by atoms with Crippen molar-refractivity contribution in [1.29, 1.82) is 0 Å². The molecule has 2 rings (SSSR count). The van der Waals surface area contributed by atoms with E-state index in [-0.39, 0.29) is 0 Å². The molecule has 1 fully saturated rings. The van der Waals surface area contributed by atoms with Crippen LogP contribution in [0.5, 0.6) is 0 Å². The van der Waals surface area contributed by atoms with Gasteiger partial charge in [0, 0.05) is 11.1 Å². The third-order valence-electron chi connectivity index (χ3n) is 4.85. The van der Waals surface area contributed by atoms with Crippen molar-refractivity contribution in [1.82, 2.24) is 5.32 Å². The van der Waals surface area contributed by atoms with Crippen LogP contribution in [0.1, 0.15) is 62.3 Å². The SMILES string of the molecule is CCCNC(c1cc(C)c(Cl)cc1C)C1CCCC1C. The average molecular weight is 294 g/mol. The number of benzene rings is 1. The molecule has 1 aliphatic carbocycles. The first-order chi connectivity index (χ1) is 9.54. The van der Waals surface area contributed by atoms with Gasteiger partial charge in [0.1, 0.15) is 0 Å². The highest BCUT2D eigenvalue weighted by Gasteiger charge is 2.32. The molecule has 1 aromatic rings. The van der Waals surface area contributed by atoms with E-state index in [1.54, 1.807) is 0 Å². The quantitative estimate of drug-likeness (QED) is 0.763. The van der Waals surface area contributed by atoms with Crippen molar-refractivity contribution in [2.75, 3.05) is 6.54 Å². The van der Waals surface area contributed by atoms with E-state index in [0.29, 0.717) is 6.04 Å². The smallest absolute Gasteiger partial charge is 0.0438 e. The van der Waals surface area contributed by atoms with E-state index in [2.05, 4.69) is 45.1 Å². The van der Waals surface area contributed by atoms with Gasteiger partial charge in [-0.05, 0) is 67.8 Å². The van der Waals surface area contributed by atoms with Crippen LogP contribution >= 0.6 is 11.6 Å². The summed E-state index contributed by atoms with van der Waals surface area (Å²) in [6.45, 7) is 10.1. The molecule has 0 amide bonds. The van der Waals surface area contributed by atoms with Crippen LogP contribution in [0.3, 0.4) is 0 Å². The summed E-state index contributed by atoms with van der Waals surface area (Å²) in [4.78, 5) is 0. The van der Waals surface area contributed by atoms with Crippen LogP contribution in [0.2, 0.25) is 5.02 Å². The molecule has 20 heavy (non-hydrogen) atoms. The van der Waals surface area contributed by atoms with Gasteiger partial charge in [-0.25, -0.2) is 0 Å². The summed E-state index contributed by atoms with van der Waals surface area (Å²) < 4.78 is 0. The standard InChI is InChI=1S/C18H28ClN/c1-5-9-20-18(15-8-6-7-12(15)2)16-10-14(4)17(19)11-13(16)3/h10-12,15,18,20H,5-9H2,1-4H3. The fourth-order valence-corrected chi connectivity index (χ4v) is 3.82. The molecule has 0 spiro atoms. The number of aryl methyl sites for hydroxylation is 2. The lowest BCUT2D eigenvalue weighted by Gasteiger charge is -2.30. The molecule has 0 bridgehead atoms. The maximum atomic E-state index is 6.26. The van der Waals surface area contributed by atoms with Gasteiger partial charge >= 0.3 is 0 Å². The van der Waals surface area contributed by atoms with E-state index < -0.39 is 0 Å². The molecule has 0 aliphatic heterocycles. The zero-order valence-corrected chi connectivity index (χ0v) is 14.1. The first-order valence-electron chi connectivity index (χ1n) is 8.04. The number of halogens is 1. The molecule has 1 saturated carbocycles. The molecule has 1 nitrogen and oxygen atoms in total. The third kappa shape index (κ3) is 3.38. The molecule has 0 aromatic heterocycles. The predicted molar refractivity (Wildman–Crippen MR) is 88.5 cm³/mol. The first kappa shape index (κ1) is 15.9. The Balaban J connectivity index is 2.32. The number of rotatable bonds is 5. The number of hydrogen-bond donors (Lipinski definition) is 1. The Kier molecular flexibility index (Phi) is 5.51. The van der Waals surface area contributed by atoms with Crippen LogP contribution in [-0.2, 0) is 0 Å². The summed E-state index contributed by atoms with van der Waals surface area (Å²) in [5, 5.41) is 4.69. The lowest BCUT2D eigenvalue weighted by molar-refractivity contribution is 0.301. The van der Waals surface area contributed by atoms with Gasteiger partial charge in [-0.15, -0.1) is 0 Å². The second-order valence-corrected chi connectivity index (χ2v) is 6.87. The van der Waals surface area contributed by atoms with Gasteiger partial charge in [-0.1, -0.05) is 44.4 Å². The van der Waals surface area contributed by atoms with Gasteiger partial charge in [0.15, 0.2) is 0 Å². The van der Waals surface area contributed by atoms with Crippen molar-refractivity contribution >= 4 is 11.6 Å². The zero-order chi connectivity index (χ0) is 14.7. The Morgan fingerprint density at radius 3 is 2.60 bits per heavy atom. The summed E-state index contributed by atoms with van der Waals surface area (Å²) in [5.74, 6) is 1.58. The Bertz CT molecular complexity index is 455. The van der Waals surface area contributed by atoms with Crippen LogP contribution in [0.25, 0.3) is 0 Å². The topological polar surface area (TPSA) is 12.0 Å². The summed E-state index contributed by atoms with van der Waals surface area (Å²) in [7, 11) is 0. The second-order valence-electron chi connectivity index (χ2n) is 6.46. The highest BCUT2D eigenvalue weighted by Crippen LogP contribution is 2.41. The van der Waals surface area contributed by atoms with E-state index in [1.807, 2.05) is 0 Å². The Morgan fingerprint density at radius 2 is 2.00 bits per heavy atom. The van der Waals surface area contributed by atoms with Crippen molar-refractivity contribution in [3.05, 3.63) is 33.8 Å². The van der Waals surface area contributed by atoms with Crippen LogP contribution in [0.4, 0.5) is 0 Å². The highest BCUT2D eigenvalue weighted by molar-refractivity contribution is 6.31. The van der Waals surface area contributed by atoms with Crippen molar-refractivity contribution in [3.63, 3.8) is 0 Å². The summed E-state index contributed by atoms with van der Waals surface area (Å²) >= 11 is 6.26. The first-order valence-corrected chi connectivity index (χ1v) is 8.42. The van der Waals surface area contributed by atoms with Crippen LogP contribution in [0, 0.1) is 25.7 Å². The van der Waals surface area contributed by atoms with E-state index in [0.717, 1.165) is 23.4 Å². The molecular weight excluding hydrogens is 266 g/mol. The molecule has 1 aliphatic rings. The minimum atomic E-state index is 0.489. The third-order valence-corrected chi connectivity index (χ3v) is 5.26. The van der Waals surface area contributed by atoms with Gasteiger partial charge < -0.3 is 5.32 Å². The molecule has 3 unspecified atom stereocenters. The maximum absolute atomic E-state index is 6.26. The van der Waals surface area contributed by atoms with E-state index in [9.17, 15) is 0 Å². The summed E-state index contributed by atoms with van der Waals surface area (Å²) in [6, 6.07) is 4.92. The van der Waals surface area contributed by atoms with E-state index in [1.165, 1.54) is 42.4 Å². The van der Waals surface area contributed by atoms with Crippen molar-refractivity contribution < 1.29 is 0 Å². The normalized spacial score (nSPS) is 24.1. The van der Waals surface area contributed by atoms with Gasteiger partial charge in [0.2, 0.25) is 0 Å². The minimum Gasteiger partial charge on any atom is -0.310 e. The molecule has 3 atom stereocenters.